The molecule has 30 heavy (non-hydrogen) atoms. The highest BCUT2D eigenvalue weighted by molar-refractivity contribution is 5.94. The first kappa shape index (κ1) is 21.1. The first-order valence-electron chi connectivity index (χ1n) is 10.9. The summed E-state index contributed by atoms with van der Waals surface area (Å²) in [6, 6.07) is 5.73. The van der Waals surface area contributed by atoms with Gasteiger partial charge in [0.15, 0.2) is 6.10 Å². The Morgan fingerprint density at radius 2 is 1.87 bits per heavy atom. The molecule has 2 saturated heterocycles. The number of amides is 2. The lowest BCUT2D eigenvalue weighted by molar-refractivity contribution is -0.187. The number of rotatable bonds is 7. The third kappa shape index (κ3) is 4.44. The summed E-state index contributed by atoms with van der Waals surface area (Å²) in [5, 5.41) is 2.94. The lowest BCUT2D eigenvalue weighted by atomic mass is 9.70. The van der Waals surface area contributed by atoms with Crippen LogP contribution in [0.25, 0.3) is 0 Å². The van der Waals surface area contributed by atoms with Crippen molar-refractivity contribution >= 4 is 11.8 Å². The number of halogens is 1. The van der Waals surface area contributed by atoms with E-state index >= 15 is 0 Å². The predicted molar refractivity (Wildman–Crippen MR) is 109 cm³/mol. The zero-order valence-corrected chi connectivity index (χ0v) is 17.3. The van der Waals surface area contributed by atoms with Crippen molar-refractivity contribution in [2.24, 2.45) is 0 Å². The van der Waals surface area contributed by atoms with Gasteiger partial charge in [0.05, 0.1) is 18.8 Å². The van der Waals surface area contributed by atoms with Gasteiger partial charge in [-0.2, -0.15) is 0 Å². The van der Waals surface area contributed by atoms with Crippen LogP contribution in [-0.2, 0) is 14.3 Å². The number of likely N-dealkylation sites (tertiary alicyclic amines) is 1. The number of carbonyl (C=O) groups is 2. The Balaban J connectivity index is 1.34. The molecule has 1 spiro atoms. The molecule has 2 amide bonds. The van der Waals surface area contributed by atoms with E-state index in [0.717, 1.165) is 65.0 Å². The van der Waals surface area contributed by atoms with Gasteiger partial charge in [0.25, 0.3) is 5.91 Å². The van der Waals surface area contributed by atoms with Crippen molar-refractivity contribution in [1.82, 2.24) is 15.1 Å². The Kier molecular flexibility index (Phi) is 6.53. The van der Waals surface area contributed by atoms with E-state index in [-0.39, 0.29) is 24.2 Å². The quantitative estimate of drug-likeness (QED) is 0.680. The minimum atomic E-state index is -0.607. The fourth-order valence-electron chi connectivity index (χ4n) is 4.78. The Bertz CT molecular complexity index is 745. The first-order valence-corrected chi connectivity index (χ1v) is 10.9. The standard InChI is InChI=1S/C22H30FN3O4/c23-17-4-6-18(7-5-17)30-20-21(28)26(22(20)8-2-1-3-9-22)16-19(27)24-10-11-25-12-14-29-15-13-25/h4-7,20H,1-3,8-16H2,(H,24,27). The number of ether oxygens (including phenoxy) is 2. The van der Waals surface area contributed by atoms with E-state index in [1.54, 1.807) is 17.0 Å². The lowest BCUT2D eigenvalue weighted by Gasteiger charge is -2.58. The van der Waals surface area contributed by atoms with E-state index in [4.69, 9.17) is 9.47 Å². The number of hydrogen-bond acceptors (Lipinski definition) is 5. The Morgan fingerprint density at radius 3 is 2.57 bits per heavy atom. The van der Waals surface area contributed by atoms with E-state index in [9.17, 15) is 14.0 Å². The van der Waals surface area contributed by atoms with Crippen molar-refractivity contribution in [3.05, 3.63) is 30.1 Å². The van der Waals surface area contributed by atoms with Crippen LogP contribution in [0, 0.1) is 5.82 Å². The second-order valence-corrected chi connectivity index (χ2v) is 8.34. The van der Waals surface area contributed by atoms with E-state index in [1.807, 2.05) is 0 Å². The molecule has 2 heterocycles. The van der Waals surface area contributed by atoms with Crippen molar-refractivity contribution in [2.45, 2.75) is 43.7 Å². The second kappa shape index (κ2) is 9.31. The SMILES string of the molecule is O=C(CN1C(=O)C(Oc2ccc(F)cc2)C12CCCCC2)NCCN1CCOCC1. The molecular weight excluding hydrogens is 389 g/mol. The van der Waals surface area contributed by atoms with Gasteiger partial charge in [0, 0.05) is 26.2 Å². The van der Waals surface area contributed by atoms with Gasteiger partial charge in [-0.05, 0) is 37.1 Å². The van der Waals surface area contributed by atoms with Crippen LogP contribution in [0.5, 0.6) is 5.75 Å². The highest BCUT2D eigenvalue weighted by Gasteiger charge is 2.62. The summed E-state index contributed by atoms with van der Waals surface area (Å²) in [7, 11) is 0. The molecule has 1 aromatic carbocycles. The number of morpholine rings is 1. The van der Waals surface area contributed by atoms with Crippen LogP contribution in [0.3, 0.4) is 0 Å². The molecule has 0 radical (unpaired) electrons. The highest BCUT2D eigenvalue weighted by atomic mass is 19.1. The van der Waals surface area contributed by atoms with E-state index in [2.05, 4.69) is 10.2 Å². The molecule has 1 N–H and O–H groups in total. The van der Waals surface area contributed by atoms with Gasteiger partial charge in [-0.15, -0.1) is 0 Å². The van der Waals surface area contributed by atoms with Crippen molar-refractivity contribution in [2.75, 3.05) is 45.9 Å². The molecule has 2 aliphatic heterocycles. The summed E-state index contributed by atoms with van der Waals surface area (Å²) >= 11 is 0. The number of β-lactam (4-membered cyclic amide) rings is 1. The normalized spacial score (nSPS) is 23.8. The number of benzene rings is 1. The van der Waals surface area contributed by atoms with Crippen LogP contribution in [0.15, 0.2) is 24.3 Å². The van der Waals surface area contributed by atoms with Gasteiger partial charge in [-0.25, -0.2) is 4.39 Å². The maximum Gasteiger partial charge on any atom is 0.267 e. The molecule has 7 nitrogen and oxygen atoms in total. The number of carbonyl (C=O) groups excluding carboxylic acids is 2. The highest BCUT2D eigenvalue weighted by Crippen LogP contribution is 2.45. The van der Waals surface area contributed by atoms with Gasteiger partial charge in [0.2, 0.25) is 5.91 Å². The van der Waals surface area contributed by atoms with Crippen LogP contribution in [-0.4, -0.2) is 79.2 Å². The monoisotopic (exact) mass is 419 g/mol. The summed E-state index contributed by atoms with van der Waals surface area (Å²) < 4.78 is 24.5. The lowest BCUT2D eigenvalue weighted by Crippen LogP contribution is -2.77. The topological polar surface area (TPSA) is 71.1 Å². The third-order valence-electron chi connectivity index (χ3n) is 6.46. The maximum absolute atomic E-state index is 13.2. The second-order valence-electron chi connectivity index (χ2n) is 8.34. The van der Waals surface area contributed by atoms with E-state index in [1.165, 1.54) is 12.1 Å². The van der Waals surface area contributed by atoms with Crippen LogP contribution in [0.4, 0.5) is 4.39 Å². The summed E-state index contributed by atoms with van der Waals surface area (Å²) in [6.07, 6.45) is 4.18. The summed E-state index contributed by atoms with van der Waals surface area (Å²) in [4.78, 5) is 29.4. The van der Waals surface area contributed by atoms with E-state index < -0.39 is 11.6 Å². The minimum Gasteiger partial charge on any atom is -0.478 e. The largest absolute Gasteiger partial charge is 0.478 e. The average Bonchev–Trinajstić information content (AvgIpc) is 2.78. The van der Waals surface area contributed by atoms with Crippen LogP contribution >= 0.6 is 0 Å². The molecule has 4 rings (SSSR count). The van der Waals surface area contributed by atoms with Gasteiger partial charge in [0.1, 0.15) is 18.1 Å². The Hall–Kier alpha value is -2.19. The first-order chi connectivity index (χ1) is 14.6. The summed E-state index contributed by atoms with van der Waals surface area (Å²) in [6.45, 7) is 4.62. The maximum atomic E-state index is 13.2. The molecule has 1 aromatic rings. The average molecular weight is 419 g/mol. The van der Waals surface area contributed by atoms with Crippen molar-refractivity contribution in [1.29, 1.82) is 0 Å². The molecule has 164 valence electrons. The van der Waals surface area contributed by atoms with Gasteiger partial charge >= 0.3 is 0 Å². The zero-order chi connectivity index (χ0) is 21.0. The van der Waals surface area contributed by atoms with Crippen molar-refractivity contribution in [3.63, 3.8) is 0 Å². The zero-order valence-electron chi connectivity index (χ0n) is 17.3. The number of nitrogens with zero attached hydrogens (tertiary/aromatic N) is 2. The van der Waals surface area contributed by atoms with Crippen molar-refractivity contribution < 1.29 is 23.5 Å². The van der Waals surface area contributed by atoms with E-state index in [0.29, 0.717) is 12.3 Å². The fourth-order valence-corrected chi connectivity index (χ4v) is 4.78. The van der Waals surface area contributed by atoms with Gasteiger partial charge in [-0.1, -0.05) is 19.3 Å². The molecule has 1 aliphatic carbocycles. The molecule has 3 fully saturated rings. The van der Waals surface area contributed by atoms with Gasteiger partial charge < -0.3 is 19.7 Å². The third-order valence-corrected chi connectivity index (χ3v) is 6.46. The summed E-state index contributed by atoms with van der Waals surface area (Å²) in [5.41, 5.74) is -0.439. The molecule has 0 aromatic heterocycles. The molecule has 8 heteroatoms. The summed E-state index contributed by atoms with van der Waals surface area (Å²) in [5.74, 6) is -0.161. The van der Waals surface area contributed by atoms with Crippen molar-refractivity contribution in [3.8, 4) is 5.75 Å². The molecule has 1 unspecified atom stereocenters. The van der Waals surface area contributed by atoms with Crippen LogP contribution in [0.1, 0.15) is 32.1 Å². The van der Waals surface area contributed by atoms with Gasteiger partial charge in [-0.3, -0.25) is 14.5 Å². The number of nitrogens with one attached hydrogen (secondary N) is 1. The molecular formula is C22H30FN3O4. The predicted octanol–water partition coefficient (Wildman–Crippen LogP) is 1.57. The fraction of sp³-hybridized carbons (Fsp3) is 0.636. The molecule has 1 saturated carbocycles. The molecule has 0 bridgehead atoms. The molecule has 1 atom stereocenters. The minimum absolute atomic E-state index is 0.0607. The Labute approximate surface area is 176 Å². The van der Waals surface area contributed by atoms with Crippen LogP contribution < -0.4 is 10.1 Å². The number of hydrogen-bond donors (Lipinski definition) is 1. The van der Waals surface area contributed by atoms with Crippen LogP contribution in [0.2, 0.25) is 0 Å². The molecule has 3 aliphatic rings. The Morgan fingerprint density at radius 1 is 1.17 bits per heavy atom. The smallest absolute Gasteiger partial charge is 0.267 e.